The van der Waals surface area contributed by atoms with Gasteiger partial charge >= 0.3 is 0 Å². The molecule has 9 nitrogen and oxygen atoms in total. The number of anilines is 2. The van der Waals surface area contributed by atoms with E-state index in [0.29, 0.717) is 30.6 Å². The molecule has 3 heterocycles. The second kappa shape index (κ2) is 9.65. The number of ketones is 1. The summed E-state index contributed by atoms with van der Waals surface area (Å²) in [4.78, 5) is 32.4. The molecule has 3 aliphatic rings. The van der Waals surface area contributed by atoms with Crippen LogP contribution in [0, 0.1) is 11.8 Å². The molecule has 1 amide bonds. The minimum absolute atomic E-state index is 0.0235. The highest BCUT2D eigenvalue weighted by atomic mass is 32.1. The van der Waals surface area contributed by atoms with Crippen LogP contribution in [0.25, 0.3) is 0 Å². The van der Waals surface area contributed by atoms with Gasteiger partial charge in [0.15, 0.2) is 0 Å². The van der Waals surface area contributed by atoms with Gasteiger partial charge in [0.1, 0.15) is 12.1 Å². The number of carbonyl (C=O) groups is 2. The molecule has 6 rings (SSSR count). The third kappa shape index (κ3) is 4.86. The number of amides is 1. The molecule has 3 aromatic heterocycles. The maximum Gasteiger partial charge on any atom is 0.252 e. The van der Waals surface area contributed by atoms with E-state index in [1.165, 1.54) is 17.7 Å². The van der Waals surface area contributed by atoms with Crippen molar-refractivity contribution >= 4 is 34.7 Å². The third-order valence-corrected chi connectivity index (χ3v) is 8.61. The number of hydrogen-bond donors (Lipinski definition) is 2. The number of pyridine rings is 1. The average Bonchev–Trinajstić information content (AvgIpc) is 3.82. The molecule has 2 fully saturated rings. The molecular weight excluding hydrogens is 476 g/mol. The van der Waals surface area contributed by atoms with Crippen LogP contribution in [0.4, 0.5) is 11.6 Å². The summed E-state index contributed by atoms with van der Waals surface area (Å²) < 4.78 is 7.28. The summed E-state index contributed by atoms with van der Waals surface area (Å²) in [7, 11) is 1.58. The number of thiophene rings is 1. The zero-order valence-electron chi connectivity index (χ0n) is 20.3. The molecule has 0 aromatic carbocycles. The number of nitrogens with zero attached hydrogens (tertiary/aromatic N) is 4. The van der Waals surface area contributed by atoms with Gasteiger partial charge in [-0.1, -0.05) is 0 Å². The normalized spacial score (nSPS) is 19.0. The van der Waals surface area contributed by atoms with E-state index >= 15 is 0 Å². The van der Waals surface area contributed by atoms with Crippen LogP contribution in [-0.2, 0) is 24.1 Å². The lowest BCUT2D eigenvalue weighted by atomic mass is 9.90. The van der Waals surface area contributed by atoms with Gasteiger partial charge in [-0.05, 0) is 62.5 Å². The largest absolute Gasteiger partial charge is 0.481 e. The summed E-state index contributed by atoms with van der Waals surface area (Å²) in [6, 6.07) is 3.77. The quantitative estimate of drug-likeness (QED) is 0.429. The van der Waals surface area contributed by atoms with Gasteiger partial charge in [0.2, 0.25) is 11.8 Å². The summed E-state index contributed by atoms with van der Waals surface area (Å²) in [5.41, 5.74) is 2.65. The zero-order chi connectivity index (χ0) is 24.6. The monoisotopic (exact) mass is 506 g/mol. The van der Waals surface area contributed by atoms with Gasteiger partial charge in [0, 0.05) is 52.6 Å². The fourth-order valence-corrected chi connectivity index (χ4v) is 6.29. The van der Waals surface area contributed by atoms with Gasteiger partial charge in [0.25, 0.3) is 5.91 Å². The van der Waals surface area contributed by atoms with Crippen molar-refractivity contribution < 1.29 is 14.3 Å². The van der Waals surface area contributed by atoms with Crippen molar-refractivity contribution in [1.29, 1.82) is 0 Å². The highest BCUT2D eigenvalue weighted by Gasteiger charge is 2.35. The van der Waals surface area contributed by atoms with E-state index in [4.69, 9.17) is 4.74 Å². The number of aryl methyl sites for hydroxylation is 1. The first kappa shape index (κ1) is 23.1. The lowest BCUT2D eigenvalue weighted by molar-refractivity contribution is -0.119. The number of rotatable bonds is 10. The Morgan fingerprint density at radius 2 is 2.08 bits per heavy atom. The summed E-state index contributed by atoms with van der Waals surface area (Å²) >= 11 is 1.67. The topological polar surface area (TPSA) is 111 Å². The van der Waals surface area contributed by atoms with Crippen molar-refractivity contribution in [1.82, 2.24) is 25.1 Å². The van der Waals surface area contributed by atoms with Crippen LogP contribution in [-0.4, -0.2) is 45.1 Å². The van der Waals surface area contributed by atoms with Crippen LogP contribution >= 0.6 is 11.3 Å². The molecule has 10 heteroatoms. The molecule has 1 atom stereocenters. The van der Waals surface area contributed by atoms with Gasteiger partial charge < -0.3 is 15.4 Å². The minimum atomic E-state index is -0.0235. The number of aromatic nitrogens is 4. The summed E-state index contributed by atoms with van der Waals surface area (Å²) in [6.07, 6.45) is 10.6. The smallest absolute Gasteiger partial charge is 0.252 e. The van der Waals surface area contributed by atoms with Crippen LogP contribution in [0.5, 0.6) is 5.88 Å². The Labute approximate surface area is 213 Å². The van der Waals surface area contributed by atoms with Gasteiger partial charge in [-0.25, -0.2) is 4.98 Å². The highest BCUT2D eigenvalue weighted by Crippen LogP contribution is 2.41. The van der Waals surface area contributed by atoms with Gasteiger partial charge in [0.05, 0.1) is 12.7 Å². The molecule has 2 saturated carbocycles. The van der Waals surface area contributed by atoms with Crippen LogP contribution in [0.3, 0.4) is 0 Å². The second-order valence-corrected chi connectivity index (χ2v) is 11.2. The Kier molecular flexibility index (Phi) is 6.20. The summed E-state index contributed by atoms with van der Waals surface area (Å²) in [6.45, 7) is 0.720. The average molecular weight is 507 g/mol. The van der Waals surface area contributed by atoms with E-state index < -0.39 is 0 Å². The van der Waals surface area contributed by atoms with Crippen molar-refractivity contribution in [2.45, 2.75) is 57.4 Å². The molecular formula is C26H30N6O3S. The Bertz CT molecular complexity index is 1290. The number of fused-ring (bicyclic) bond motifs is 1. The lowest BCUT2D eigenvalue weighted by Crippen LogP contribution is -2.28. The third-order valence-electron chi connectivity index (χ3n) is 7.32. The van der Waals surface area contributed by atoms with Crippen molar-refractivity contribution in [2.75, 3.05) is 19.0 Å². The Balaban J connectivity index is 1.26. The van der Waals surface area contributed by atoms with Gasteiger partial charge in [-0.2, -0.15) is 0 Å². The van der Waals surface area contributed by atoms with E-state index in [1.807, 2.05) is 12.1 Å². The van der Waals surface area contributed by atoms with Crippen molar-refractivity contribution in [2.24, 2.45) is 11.8 Å². The molecule has 3 aromatic rings. The van der Waals surface area contributed by atoms with E-state index in [1.54, 1.807) is 31.0 Å². The highest BCUT2D eigenvalue weighted by molar-refractivity contribution is 7.12. The SMILES string of the molecule is COc1cc(Nc2nncn2[C@H]2CCc3sc(CC(=O)C4CC4)c(C(=O)NCC4CC4)c3C2)ccn1. The lowest BCUT2D eigenvalue weighted by Gasteiger charge is -2.25. The number of hydrogen-bond acceptors (Lipinski definition) is 8. The molecule has 2 N–H and O–H groups in total. The van der Waals surface area contributed by atoms with Crippen molar-refractivity contribution in [3.05, 3.63) is 45.5 Å². The van der Waals surface area contributed by atoms with E-state index in [2.05, 4.69) is 30.4 Å². The van der Waals surface area contributed by atoms with Gasteiger partial charge in [-0.15, -0.1) is 21.5 Å². The maximum atomic E-state index is 13.4. The van der Waals surface area contributed by atoms with Crippen LogP contribution < -0.4 is 15.4 Å². The fourth-order valence-electron chi connectivity index (χ4n) is 4.93. The number of Topliss-reactive ketones (excluding diaryl/α,β-unsaturated/α-hetero) is 1. The maximum absolute atomic E-state index is 13.4. The first-order valence-electron chi connectivity index (χ1n) is 12.7. The Morgan fingerprint density at radius 3 is 2.86 bits per heavy atom. The van der Waals surface area contributed by atoms with Crippen LogP contribution in [0.15, 0.2) is 24.7 Å². The van der Waals surface area contributed by atoms with Crippen molar-refractivity contribution in [3.8, 4) is 5.88 Å². The van der Waals surface area contributed by atoms with Gasteiger partial charge in [-0.3, -0.25) is 14.2 Å². The standard InChI is InChI=1S/C26H30N6O3S/c1-35-23-10-17(8-9-27-23)30-26-31-29-14-32(26)18-6-7-21-19(11-18)24(25(34)28-13-15-2-3-15)22(36-21)12-20(33)16-4-5-16/h8-10,14-16,18H,2-7,11-13H2,1H3,(H,28,34)(H,27,30,31)/t18-/m0/s1. The Hall–Kier alpha value is -3.27. The fraction of sp³-hybridized carbons (Fsp3) is 0.500. The Morgan fingerprint density at radius 1 is 1.22 bits per heavy atom. The number of carbonyl (C=O) groups excluding carboxylic acids is 2. The van der Waals surface area contributed by atoms with Crippen molar-refractivity contribution in [3.63, 3.8) is 0 Å². The molecule has 0 unspecified atom stereocenters. The minimum Gasteiger partial charge on any atom is -0.481 e. The van der Waals surface area contributed by atoms with E-state index in [9.17, 15) is 9.59 Å². The van der Waals surface area contributed by atoms with E-state index in [-0.39, 0.29) is 23.7 Å². The predicted molar refractivity (Wildman–Crippen MR) is 136 cm³/mol. The first-order chi connectivity index (χ1) is 17.6. The molecule has 188 valence electrons. The number of nitrogens with one attached hydrogen (secondary N) is 2. The summed E-state index contributed by atoms with van der Waals surface area (Å²) in [5, 5.41) is 14.9. The molecule has 0 bridgehead atoms. The second-order valence-electron chi connectivity index (χ2n) is 10.0. The van der Waals surface area contributed by atoms with Crippen LogP contribution in [0.2, 0.25) is 0 Å². The summed E-state index contributed by atoms with van der Waals surface area (Å²) in [5.74, 6) is 2.20. The molecule has 3 aliphatic carbocycles. The number of methoxy groups -OCH3 is 1. The number of ether oxygens (including phenoxy) is 1. The zero-order valence-corrected chi connectivity index (χ0v) is 21.1. The molecule has 0 aliphatic heterocycles. The first-order valence-corrected chi connectivity index (χ1v) is 13.5. The van der Waals surface area contributed by atoms with Crippen LogP contribution in [0.1, 0.15) is 63.8 Å². The molecule has 36 heavy (non-hydrogen) atoms. The molecule has 0 radical (unpaired) electrons. The predicted octanol–water partition coefficient (Wildman–Crippen LogP) is 3.88. The molecule has 0 saturated heterocycles. The van der Waals surface area contributed by atoms with E-state index in [0.717, 1.165) is 53.9 Å². The molecule has 0 spiro atoms.